The van der Waals surface area contributed by atoms with Gasteiger partial charge in [-0.05, 0) is 31.0 Å². The van der Waals surface area contributed by atoms with Gasteiger partial charge in [0.15, 0.2) is 0 Å². The summed E-state index contributed by atoms with van der Waals surface area (Å²) < 4.78 is 0. The summed E-state index contributed by atoms with van der Waals surface area (Å²) in [6, 6.07) is 3.80. The van der Waals surface area contributed by atoms with E-state index in [1.807, 2.05) is 13.8 Å². The third-order valence-electron chi connectivity index (χ3n) is 3.50. The largest absolute Gasteiger partial charge is 0.398 e. The van der Waals surface area contributed by atoms with Crippen LogP contribution in [0, 0.1) is 6.92 Å². The minimum Gasteiger partial charge on any atom is -0.398 e. The monoisotopic (exact) mass is 319 g/mol. The van der Waals surface area contributed by atoms with Gasteiger partial charge in [-0.15, -0.1) is 0 Å². The molecule has 1 fully saturated rings. The fourth-order valence-electron chi connectivity index (χ4n) is 2.23. The maximum Gasteiger partial charge on any atom is 0.261 e. The lowest BCUT2D eigenvalue weighted by Gasteiger charge is -2.28. The summed E-state index contributed by atoms with van der Waals surface area (Å²) in [5.74, 6) is -1.66. The van der Waals surface area contributed by atoms with Crippen LogP contribution in [0.5, 0.6) is 0 Å². The highest BCUT2D eigenvalue weighted by Crippen LogP contribution is 2.20. The molecule has 1 aromatic carbocycles. The summed E-state index contributed by atoms with van der Waals surface area (Å²) in [5, 5.41) is 2.12. The van der Waals surface area contributed by atoms with Gasteiger partial charge in [0.2, 0.25) is 18.2 Å². The van der Waals surface area contributed by atoms with Crippen LogP contribution >= 0.6 is 0 Å². The van der Waals surface area contributed by atoms with Crippen LogP contribution < -0.4 is 11.1 Å². The molecule has 1 atom stereocenters. The molecule has 0 spiro atoms. The number of piperidine rings is 1. The molecule has 23 heavy (non-hydrogen) atoms. The molecule has 0 bridgehead atoms. The maximum atomic E-state index is 12.4. The first kappa shape index (κ1) is 18.3. The van der Waals surface area contributed by atoms with Crippen LogP contribution in [0.1, 0.15) is 42.6 Å². The van der Waals surface area contributed by atoms with Gasteiger partial charge in [0.05, 0.1) is 0 Å². The van der Waals surface area contributed by atoms with E-state index in [0.29, 0.717) is 17.7 Å². The Morgan fingerprint density at radius 3 is 2.57 bits per heavy atom. The summed E-state index contributed by atoms with van der Waals surface area (Å²) >= 11 is 0. The van der Waals surface area contributed by atoms with E-state index in [1.165, 1.54) is 6.07 Å². The average molecular weight is 319 g/mol. The van der Waals surface area contributed by atoms with Crippen molar-refractivity contribution in [3.63, 3.8) is 0 Å². The van der Waals surface area contributed by atoms with Gasteiger partial charge < -0.3 is 5.73 Å². The van der Waals surface area contributed by atoms with E-state index in [4.69, 9.17) is 5.73 Å². The SMILES string of the molecule is CC.Cc1c(N)cccc1C(=O)N(C=O)C1CCC(=O)NC1=O. The van der Waals surface area contributed by atoms with Crippen molar-refractivity contribution in [1.82, 2.24) is 10.2 Å². The number of nitrogen functional groups attached to an aromatic ring is 1. The van der Waals surface area contributed by atoms with Gasteiger partial charge >= 0.3 is 0 Å². The predicted octanol–water partition coefficient (Wildman–Crippen LogP) is 1.01. The lowest BCUT2D eigenvalue weighted by atomic mass is 10.0. The molecule has 1 unspecified atom stereocenters. The number of nitrogens with one attached hydrogen (secondary N) is 1. The number of nitrogens with two attached hydrogens (primary N) is 1. The quantitative estimate of drug-likeness (QED) is 0.491. The van der Waals surface area contributed by atoms with Crippen LogP contribution in [0.15, 0.2) is 18.2 Å². The van der Waals surface area contributed by atoms with Crippen molar-refractivity contribution in [2.45, 2.75) is 39.7 Å². The molecule has 0 aliphatic carbocycles. The lowest BCUT2D eigenvalue weighted by molar-refractivity contribution is -0.139. The Bertz CT molecular complexity index is 628. The molecule has 3 N–H and O–H groups in total. The molecule has 4 amide bonds. The first-order valence-corrected chi connectivity index (χ1v) is 7.42. The Balaban J connectivity index is 0.00000127. The molecular weight excluding hydrogens is 298 g/mol. The minimum absolute atomic E-state index is 0.0872. The fourth-order valence-corrected chi connectivity index (χ4v) is 2.23. The molecule has 2 rings (SSSR count). The normalized spacial score (nSPS) is 16.7. The Morgan fingerprint density at radius 1 is 1.35 bits per heavy atom. The topological polar surface area (TPSA) is 110 Å². The lowest BCUT2D eigenvalue weighted by Crippen LogP contribution is -2.53. The summed E-state index contributed by atoms with van der Waals surface area (Å²) in [4.78, 5) is 47.4. The van der Waals surface area contributed by atoms with E-state index in [1.54, 1.807) is 19.1 Å². The van der Waals surface area contributed by atoms with Crippen LogP contribution in [0.4, 0.5) is 5.69 Å². The van der Waals surface area contributed by atoms with Crippen molar-refractivity contribution in [2.75, 3.05) is 5.73 Å². The Hall–Kier alpha value is -2.70. The molecule has 1 aliphatic rings. The van der Waals surface area contributed by atoms with Gasteiger partial charge in [-0.3, -0.25) is 29.4 Å². The van der Waals surface area contributed by atoms with E-state index in [9.17, 15) is 19.2 Å². The van der Waals surface area contributed by atoms with Crippen LogP contribution in [0.3, 0.4) is 0 Å². The molecule has 1 aliphatic heterocycles. The zero-order valence-corrected chi connectivity index (χ0v) is 13.5. The van der Waals surface area contributed by atoms with E-state index in [-0.39, 0.29) is 18.4 Å². The van der Waals surface area contributed by atoms with Gasteiger partial charge in [-0.1, -0.05) is 19.9 Å². The Morgan fingerprint density at radius 2 is 2.00 bits per heavy atom. The van der Waals surface area contributed by atoms with E-state index in [2.05, 4.69) is 5.32 Å². The van der Waals surface area contributed by atoms with Gasteiger partial charge in [-0.2, -0.15) is 0 Å². The second-order valence-corrected chi connectivity index (χ2v) is 4.80. The minimum atomic E-state index is -0.978. The van der Waals surface area contributed by atoms with Crippen molar-refractivity contribution in [3.8, 4) is 0 Å². The number of carbonyl (C=O) groups is 4. The molecular formula is C16H21N3O4. The standard InChI is InChI=1S/C14H15N3O4.C2H6/c1-8-9(3-2-4-10(8)15)14(21)17(7-18)11-5-6-12(19)16-13(11)20;1-2/h2-4,7,11H,5-6,15H2,1H3,(H,16,19,20);1-2H3. The van der Waals surface area contributed by atoms with E-state index >= 15 is 0 Å². The Kier molecular flexibility index (Phi) is 6.44. The molecule has 0 radical (unpaired) electrons. The van der Waals surface area contributed by atoms with Crippen molar-refractivity contribution < 1.29 is 19.2 Å². The molecule has 1 saturated heterocycles. The van der Waals surface area contributed by atoms with Crippen LogP contribution in [-0.2, 0) is 14.4 Å². The average Bonchev–Trinajstić information content (AvgIpc) is 2.54. The smallest absolute Gasteiger partial charge is 0.261 e. The van der Waals surface area contributed by atoms with E-state index in [0.717, 1.165) is 4.90 Å². The zero-order chi connectivity index (χ0) is 17.6. The summed E-state index contributed by atoms with van der Waals surface area (Å²) in [6.45, 7) is 5.66. The van der Waals surface area contributed by atoms with Crippen molar-refractivity contribution in [2.24, 2.45) is 0 Å². The number of carbonyl (C=O) groups excluding carboxylic acids is 4. The molecule has 1 aromatic rings. The molecule has 0 aromatic heterocycles. The summed E-state index contributed by atoms with van der Waals surface area (Å²) in [5.41, 5.74) is 6.97. The highest BCUT2D eigenvalue weighted by Gasteiger charge is 2.35. The number of hydrogen-bond donors (Lipinski definition) is 2. The van der Waals surface area contributed by atoms with Gasteiger partial charge in [0.25, 0.3) is 5.91 Å². The van der Waals surface area contributed by atoms with Gasteiger partial charge in [0.1, 0.15) is 6.04 Å². The maximum absolute atomic E-state index is 12.4. The summed E-state index contributed by atoms with van der Waals surface area (Å²) in [7, 11) is 0. The third kappa shape index (κ3) is 3.94. The molecule has 7 nitrogen and oxygen atoms in total. The number of nitrogens with zero attached hydrogens (tertiary/aromatic N) is 1. The second-order valence-electron chi connectivity index (χ2n) is 4.80. The highest BCUT2D eigenvalue weighted by molar-refractivity contribution is 6.07. The van der Waals surface area contributed by atoms with Crippen LogP contribution in [-0.4, -0.2) is 35.1 Å². The predicted molar refractivity (Wildman–Crippen MR) is 85.3 cm³/mol. The fraction of sp³-hybridized carbons (Fsp3) is 0.375. The number of anilines is 1. The third-order valence-corrected chi connectivity index (χ3v) is 3.50. The van der Waals surface area contributed by atoms with E-state index < -0.39 is 23.8 Å². The van der Waals surface area contributed by atoms with Crippen molar-refractivity contribution >= 4 is 29.8 Å². The van der Waals surface area contributed by atoms with Crippen molar-refractivity contribution in [3.05, 3.63) is 29.3 Å². The highest BCUT2D eigenvalue weighted by atomic mass is 16.2. The van der Waals surface area contributed by atoms with Crippen LogP contribution in [0.25, 0.3) is 0 Å². The second kappa shape index (κ2) is 8.07. The van der Waals surface area contributed by atoms with Crippen LogP contribution in [0.2, 0.25) is 0 Å². The molecule has 7 heteroatoms. The first-order chi connectivity index (χ1) is 11.0. The van der Waals surface area contributed by atoms with Crippen molar-refractivity contribution in [1.29, 1.82) is 0 Å². The zero-order valence-electron chi connectivity index (χ0n) is 13.5. The molecule has 124 valence electrons. The number of benzene rings is 1. The molecule has 1 heterocycles. The summed E-state index contributed by atoms with van der Waals surface area (Å²) in [6.07, 6.45) is 0.519. The van der Waals surface area contributed by atoms with Gasteiger partial charge in [0, 0.05) is 17.7 Å². The number of hydrogen-bond acceptors (Lipinski definition) is 5. The number of amides is 4. The Labute approximate surface area is 134 Å². The number of rotatable bonds is 3. The number of imide groups is 2. The molecule has 0 saturated carbocycles. The first-order valence-electron chi connectivity index (χ1n) is 7.42. The van der Waals surface area contributed by atoms with Gasteiger partial charge in [-0.25, -0.2) is 0 Å².